The fourth-order valence-electron chi connectivity index (χ4n) is 2.94. The first kappa shape index (κ1) is 22.5. The minimum atomic E-state index is -4.34. The standard InChI is InChI=1S/C20H17N5O6S2/c1-12-13(2)32-20(21-12)24-19(14-4-3-5-16(10-14)31-11-18(26)27)22-23-25(24)15-6-8-17(9-7-15)33(28,29)30/h3-10H,11H2,1-2H3,(H-,26,27,28,29,30)/p+1. The molecular weight excluding hydrogens is 470 g/mol. The van der Waals surface area contributed by atoms with Crippen LogP contribution in [0, 0.1) is 13.8 Å². The van der Waals surface area contributed by atoms with Gasteiger partial charge in [0.15, 0.2) is 6.61 Å². The van der Waals surface area contributed by atoms with Gasteiger partial charge in [0.25, 0.3) is 10.1 Å². The van der Waals surface area contributed by atoms with Gasteiger partial charge in [0.2, 0.25) is 0 Å². The van der Waals surface area contributed by atoms with E-state index < -0.39 is 22.7 Å². The van der Waals surface area contributed by atoms with E-state index >= 15 is 0 Å². The number of carbonyl (C=O) groups is 1. The molecule has 0 aliphatic rings. The normalized spacial score (nSPS) is 11.5. The molecule has 2 aromatic carbocycles. The molecule has 0 amide bonds. The second-order valence-corrected chi connectivity index (χ2v) is 9.53. The number of carboxylic acid groups (broad SMARTS) is 1. The van der Waals surface area contributed by atoms with E-state index in [4.69, 9.17) is 9.84 Å². The van der Waals surface area contributed by atoms with Crippen molar-refractivity contribution in [3.63, 3.8) is 0 Å². The summed E-state index contributed by atoms with van der Waals surface area (Å²) in [5.74, 6) is -0.341. The monoisotopic (exact) mass is 488 g/mol. The van der Waals surface area contributed by atoms with Crippen LogP contribution in [0.2, 0.25) is 0 Å². The molecule has 2 aromatic heterocycles. The van der Waals surface area contributed by atoms with Crippen LogP contribution in [-0.2, 0) is 14.9 Å². The fourth-order valence-corrected chi connectivity index (χ4v) is 4.32. The highest BCUT2D eigenvalue weighted by Crippen LogP contribution is 2.24. The van der Waals surface area contributed by atoms with Crippen molar-refractivity contribution in [1.82, 2.24) is 20.1 Å². The van der Waals surface area contributed by atoms with Crippen LogP contribution < -0.4 is 9.42 Å². The number of thiazole rings is 1. The Morgan fingerprint density at radius 2 is 1.91 bits per heavy atom. The molecule has 2 heterocycles. The first-order valence-electron chi connectivity index (χ1n) is 9.49. The van der Waals surface area contributed by atoms with Crippen LogP contribution in [0.1, 0.15) is 10.6 Å². The van der Waals surface area contributed by atoms with Crippen molar-refractivity contribution in [3.8, 4) is 28.0 Å². The van der Waals surface area contributed by atoms with Gasteiger partial charge in [-0.25, -0.2) is 4.79 Å². The summed E-state index contributed by atoms with van der Waals surface area (Å²) in [5, 5.41) is 17.9. The highest BCUT2D eigenvalue weighted by atomic mass is 32.2. The van der Waals surface area contributed by atoms with E-state index in [0.717, 1.165) is 10.6 Å². The van der Waals surface area contributed by atoms with Gasteiger partial charge < -0.3 is 9.84 Å². The molecule has 4 rings (SSSR count). The predicted molar refractivity (Wildman–Crippen MR) is 116 cm³/mol. The summed E-state index contributed by atoms with van der Waals surface area (Å²) in [6.45, 7) is 3.33. The van der Waals surface area contributed by atoms with E-state index in [9.17, 15) is 17.8 Å². The molecule has 0 saturated heterocycles. The topological polar surface area (TPSA) is 148 Å². The Morgan fingerprint density at radius 3 is 2.52 bits per heavy atom. The van der Waals surface area contributed by atoms with Gasteiger partial charge in [-0.05, 0) is 61.1 Å². The molecule has 2 N–H and O–H groups in total. The third-order valence-corrected chi connectivity index (χ3v) is 6.55. The molecular formula is C20H18N5O6S2+. The maximum Gasteiger partial charge on any atom is 0.341 e. The largest absolute Gasteiger partial charge is 0.482 e. The van der Waals surface area contributed by atoms with E-state index in [1.807, 2.05) is 13.8 Å². The van der Waals surface area contributed by atoms with E-state index in [2.05, 4.69) is 15.3 Å². The lowest BCUT2D eigenvalue weighted by molar-refractivity contribution is -0.669. The van der Waals surface area contributed by atoms with Gasteiger partial charge in [-0.2, -0.15) is 8.42 Å². The molecule has 0 saturated carbocycles. The SMILES string of the molecule is Cc1nc(-[n+]2c(-c3cccc(OCC(=O)O)c3)nnn2-c2ccc(S(=O)(=O)O)cc2)sc1C. The number of hydrogen-bond acceptors (Lipinski definition) is 8. The molecule has 0 fully saturated rings. The van der Waals surface area contributed by atoms with Crippen LogP contribution in [0.5, 0.6) is 5.75 Å². The summed E-state index contributed by atoms with van der Waals surface area (Å²) >= 11 is 1.42. The molecule has 33 heavy (non-hydrogen) atoms. The lowest BCUT2D eigenvalue weighted by Crippen LogP contribution is -2.42. The van der Waals surface area contributed by atoms with Crippen molar-refractivity contribution >= 4 is 27.4 Å². The zero-order valence-electron chi connectivity index (χ0n) is 17.4. The number of hydrogen-bond donors (Lipinski definition) is 2. The van der Waals surface area contributed by atoms with Gasteiger partial charge in [0.1, 0.15) is 22.3 Å². The molecule has 0 unspecified atom stereocenters. The van der Waals surface area contributed by atoms with Crippen LogP contribution in [0.3, 0.4) is 0 Å². The maximum atomic E-state index is 11.4. The molecule has 0 radical (unpaired) electrons. The van der Waals surface area contributed by atoms with Gasteiger partial charge in [0.05, 0.1) is 15.6 Å². The first-order chi connectivity index (χ1) is 15.6. The van der Waals surface area contributed by atoms with Crippen LogP contribution in [-0.4, -0.2) is 50.7 Å². The Hall–Kier alpha value is -3.68. The van der Waals surface area contributed by atoms with E-state index in [1.54, 1.807) is 28.9 Å². The van der Waals surface area contributed by atoms with E-state index in [-0.39, 0.29) is 4.90 Å². The number of nitrogens with zero attached hydrogens (tertiary/aromatic N) is 5. The molecule has 0 bridgehead atoms. The van der Waals surface area contributed by atoms with Gasteiger partial charge in [-0.3, -0.25) is 4.55 Å². The summed E-state index contributed by atoms with van der Waals surface area (Å²) in [6.07, 6.45) is 0. The number of aliphatic carboxylic acids is 1. The van der Waals surface area contributed by atoms with E-state index in [0.29, 0.717) is 28.0 Å². The van der Waals surface area contributed by atoms with Crippen molar-refractivity contribution in [3.05, 3.63) is 59.1 Å². The molecule has 4 aromatic rings. The van der Waals surface area contributed by atoms with Crippen molar-refractivity contribution in [2.45, 2.75) is 18.7 Å². The van der Waals surface area contributed by atoms with E-state index in [1.165, 1.54) is 40.4 Å². The third-order valence-electron chi connectivity index (χ3n) is 4.63. The maximum absolute atomic E-state index is 11.4. The van der Waals surface area contributed by atoms with Crippen LogP contribution in [0.4, 0.5) is 0 Å². The minimum absolute atomic E-state index is 0.248. The Bertz CT molecular complexity index is 1420. The number of aryl methyl sites for hydroxylation is 2. The van der Waals surface area contributed by atoms with Gasteiger partial charge >= 0.3 is 16.9 Å². The average molecular weight is 489 g/mol. The van der Waals surface area contributed by atoms with Crippen molar-refractivity contribution in [2.24, 2.45) is 0 Å². The highest BCUT2D eigenvalue weighted by Gasteiger charge is 2.27. The number of ether oxygens (including phenoxy) is 1. The molecule has 0 spiro atoms. The minimum Gasteiger partial charge on any atom is -0.482 e. The lowest BCUT2D eigenvalue weighted by atomic mass is 10.2. The second-order valence-electron chi connectivity index (χ2n) is 6.93. The lowest BCUT2D eigenvalue weighted by Gasteiger charge is -2.06. The Balaban J connectivity index is 1.85. The van der Waals surface area contributed by atoms with Crippen molar-refractivity contribution < 1.29 is 32.3 Å². The summed E-state index contributed by atoms with van der Waals surface area (Å²) in [4.78, 5) is 17.6. The fraction of sp³-hybridized carbons (Fsp3) is 0.150. The number of carboxylic acids is 1. The number of tetrazole rings is 1. The van der Waals surface area contributed by atoms with Crippen molar-refractivity contribution in [2.75, 3.05) is 6.61 Å². The second kappa shape index (κ2) is 8.69. The van der Waals surface area contributed by atoms with Gasteiger partial charge in [0, 0.05) is 4.88 Å². The average Bonchev–Trinajstić information content (AvgIpc) is 3.35. The predicted octanol–water partition coefficient (Wildman–Crippen LogP) is 1.99. The van der Waals surface area contributed by atoms with Gasteiger partial charge in [-0.1, -0.05) is 22.1 Å². The molecule has 0 aliphatic heterocycles. The Labute approximate surface area is 192 Å². The number of aromatic nitrogens is 5. The van der Waals surface area contributed by atoms with Gasteiger partial charge in [-0.15, -0.1) is 4.98 Å². The molecule has 13 heteroatoms. The van der Waals surface area contributed by atoms with Crippen LogP contribution in [0.15, 0.2) is 53.4 Å². The molecule has 0 atom stereocenters. The Morgan fingerprint density at radius 1 is 1.18 bits per heavy atom. The van der Waals surface area contributed by atoms with Crippen LogP contribution in [0.25, 0.3) is 22.2 Å². The first-order valence-corrected chi connectivity index (χ1v) is 11.7. The van der Waals surface area contributed by atoms with Crippen LogP contribution >= 0.6 is 11.3 Å². The Kier molecular flexibility index (Phi) is 5.93. The summed E-state index contributed by atoms with van der Waals surface area (Å²) in [6, 6.07) is 12.2. The highest BCUT2D eigenvalue weighted by molar-refractivity contribution is 7.85. The molecule has 11 nitrogen and oxygen atoms in total. The zero-order valence-corrected chi connectivity index (χ0v) is 19.0. The van der Waals surface area contributed by atoms with Crippen molar-refractivity contribution in [1.29, 1.82) is 0 Å². The summed E-state index contributed by atoms with van der Waals surface area (Å²) in [5.41, 5.74) is 1.91. The molecule has 170 valence electrons. The molecule has 0 aliphatic carbocycles. The summed E-state index contributed by atoms with van der Waals surface area (Å²) < 4.78 is 39.0. The summed E-state index contributed by atoms with van der Waals surface area (Å²) in [7, 11) is -4.34. The third kappa shape index (κ3) is 4.74. The smallest absolute Gasteiger partial charge is 0.341 e. The quantitative estimate of drug-likeness (QED) is 0.294. The zero-order chi connectivity index (χ0) is 23.8. The number of benzene rings is 2. The number of rotatable bonds is 7.